The van der Waals surface area contributed by atoms with Crippen LogP contribution < -0.4 is 4.90 Å². The number of rotatable bonds is 6. The third-order valence-electron chi connectivity index (χ3n) is 4.52. The molecule has 3 rings (SSSR count). The van der Waals surface area contributed by atoms with E-state index in [1.54, 1.807) is 30.5 Å². The summed E-state index contributed by atoms with van der Waals surface area (Å²) in [5.41, 5.74) is 0.724. The highest BCUT2D eigenvalue weighted by atomic mass is 32.2. The van der Waals surface area contributed by atoms with Gasteiger partial charge < -0.3 is 4.90 Å². The molecule has 0 N–H and O–H groups in total. The molecule has 1 aromatic heterocycles. The van der Waals surface area contributed by atoms with Crippen LogP contribution in [-0.2, 0) is 16.6 Å². The van der Waals surface area contributed by atoms with Gasteiger partial charge in [0.25, 0.3) is 5.69 Å². The normalized spacial score (nSPS) is 15.4. The number of benzene rings is 1. The number of piperidine rings is 1. The van der Waals surface area contributed by atoms with Crippen LogP contribution in [0, 0.1) is 10.1 Å². The van der Waals surface area contributed by atoms with Crippen LogP contribution in [0.4, 0.5) is 11.4 Å². The molecule has 0 atom stereocenters. The quantitative estimate of drug-likeness (QED) is 0.548. The summed E-state index contributed by atoms with van der Waals surface area (Å²) in [6.45, 7) is 1.21. The lowest BCUT2D eigenvalue weighted by molar-refractivity contribution is -0.384. The smallest absolute Gasteiger partial charge is 0.293 e. The molecule has 0 bridgehead atoms. The third kappa shape index (κ3) is 4.22. The molecule has 0 amide bonds. The predicted molar refractivity (Wildman–Crippen MR) is 99.8 cm³/mol. The van der Waals surface area contributed by atoms with E-state index in [2.05, 4.69) is 9.97 Å². The van der Waals surface area contributed by atoms with Crippen LogP contribution in [-0.4, -0.2) is 47.8 Å². The molecule has 1 aromatic carbocycles. The SMILES string of the molecule is CN(Cc1cnccn1)c1ccc(S(=O)(=O)N2CCCCC2)cc1[N+](=O)[O-]. The molecule has 1 aliphatic heterocycles. The van der Waals surface area contributed by atoms with Gasteiger partial charge in [-0.15, -0.1) is 0 Å². The number of hydrogen-bond acceptors (Lipinski definition) is 7. The number of sulfonamides is 1. The summed E-state index contributed by atoms with van der Waals surface area (Å²) >= 11 is 0. The topological polar surface area (TPSA) is 110 Å². The Morgan fingerprint density at radius 3 is 2.59 bits per heavy atom. The van der Waals surface area contributed by atoms with Gasteiger partial charge in [-0.2, -0.15) is 4.31 Å². The van der Waals surface area contributed by atoms with Gasteiger partial charge in [-0.1, -0.05) is 6.42 Å². The predicted octanol–water partition coefficient (Wildman–Crippen LogP) is 2.20. The Bertz CT molecular complexity index is 914. The van der Waals surface area contributed by atoms with E-state index in [-0.39, 0.29) is 10.6 Å². The summed E-state index contributed by atoms with van der Waals surface area (Å²) in [6.07, 6.45) is 7.29. The molecular formula is C17H21N5O4S. The van der Waals surface area contributed by atoms with Gasteiger partial charge in [-0.05, 0) is 25.0 Å². The molecule has 1 saturated heterocycles. The molecule has 144 valence electrons. The van der Waals surface area contributed by atoms with Crippen molar-refractivity contribution in [1.29, 1.82) is 0 Å². The molecule has 2 aromatic rings. The van der Waals surface area contributed by atoms with Gasteiger partial charge >= 0.3 is 0 Å². The molecule has 1 fully saturated rings. The maximum Gasteiger partial charge on any atom is 0.293 e. The van der Waals surface area contributed by atoms with Crippen molar-refractivity contribution < 1.29 is 13.3 Å². The average molecular weight is 391 g/mol. The first kappa shape index (κ1) is 19.2. The van der Waals surface area contributed by atoms with Gasteiger partial charge in [-0.3, -0.25) is 20.1 Å². The van der Waals surface area contributed by atoms with E-state index < -0.39 is 14.9 Å². The van der Waals surface area contributed by atoms with Crippen molar-refractivity contribution in [1.82, 2.24) is 14.3 Å². The van der Waals surface area contributed by atoms with Crippen LogP contribution in [0.3, 0.4) is 0 Å². The van der Waals surface area contributed by atoms with Crippen molar-refractivity contribution in [2.24, 2.45) is 0 Å². The van der Waals surface area contributed by atoms with E-state index in [1.807, 2.05) is 0 Å². The van der Waals surface area contributed by atoms with Crippen molar-refractivity contribution in [3.05, 3.63) is 52.6 Å². The lowest BCUT2D eigenvalue weighted by atomic mass is 10.2. The summed E-state index contributed by atoms with van der Waals surface area (Å²) in [7, 11) is -2.04. The zero-order valence-corrected chi connectivity index (χ0v) is 15.8. The second-order valence-corrected chi connectivity index (χ2v) is 8.36. The van der Waals surface area contributed by atoms with Gasteiger partial charge in [0.1, 0.15) is 5.69 Å². The lowest BCUT2D eigenvalue weighted by Gasteiger charge is -2.26. The highest BCUT2D eigenvalue weighted by molar-refractivity contribution is 7.89. The van der Waals surface area contributed by atoms with E-state index in [4.69, 9.17) is 0 Å². The number of hydrogen-bond donors (Lipinski definition) is 0. The van der Waals surface area contributed by atoms with E-state index in [1.165, 1.54) is 16.4 Å². The van der Waals surface area contributed by atoms with E-state index in [0.717, 1.165) is 25.3 Å². The first-order chi connectivity index (χ1) is 12.9. The summed E-state index contributed by atoms with van der Waals surface area (Å²) < 4.78 is 27.0. The molecule has 9 nitrogen and oxygen atoms in total. The largest absolute Gasteiger partial charge is 0.363 e. The monoisotopic (exact) mass is 391 g/mol. The van der Waals surface area contributed by atoms with Crippen molar-refractivity contribution in [3.63, 3.8) is 0 Å². The minimum atomic E-state index is -3.73. The zero-order chi connectivity index (χ0) is 19.4. The number of nitro benzene ring substituents is 1. The highest BCUT2D eigenvalue weighted by Gasteiger charge is 2.29. The standard InChI is InChI=1S/C17H21N5O4S/c1-20(13-14-12-18-7-8-19-14)16-6-5-15(11-17(16)22(23)24)27(25,26)21-9-3-2-4-10-21/h5-8,11-12H,2-4,9-10,13H2,1H3. The number of nitro groups is 1. The van der Waals surface area contributed by atoms with Crippen LogP contribution in [0.1, 0.15) is 25.0 Å². The summed E-state index contributed by atoms with van der Waals surface area (Å²) in [6, 6.07) is 4.05. The molecule has 0 aliphatic carbocycles. The molecule has 0 spiro atoms. The Kier molecular flexibility index (Phi) is 5.66. The van der Waals surface area contributed by atoms with Crippen LogP contribution in [0.2, 0.25) is 0 Å². The number of aromatic nitrogens is 2. The molecular weight excluding hydrogens is 370 g/mol. The summed E-state index contributed by atoms with van der Waals surface area (Å²) in [5.74, 6) is 0. The van der Waals surface area contributed by atoms with Crippen molar-refractivity contribution in [3.8, 4) is 0 Å². The average Bonchev–Trinajstić information content (AvgIpc) is 2.69. The van der Waals surface area contributed by atoms with Gasteiger partial charge in [0.2, 0.25) is 10.0 Å². The number of nitrogens with zero attached hydrogens (tertiary/aromatic N) is 5. The molecule has 0 saturated carbocycles. The minimum absolute atomic E-state index is 0.0484. The maximum atomic E-state index is 12.8. The highest BCUT2D eigenvalue weighted by Crippen LogP contribution is 2.32. The van der Waals surface area contributed by atoms with Crippen molar-refractivity contribution in [2.45, 2.75) is 30.7 Å². The third-order valence-corrected chi connectivity index (χ3v) is 6.42. The Balaban J connectivity index is 1.92. The first-order valence-electron chi connectivity index (χ1n) is 8.64. The van der Waals surface area contributed by atoms with Crippen LogP contribution in [0.5, 0.6) is 0 Å². The maximum absolute atomic E-state index is 12.8. The molecule has 1 aliphatic rings. The fourth-order valence-electron chi connectivity index (χ4n) is 3.13. The fraction of sp³-hybridized carbons (Fsp3) is 0.412. The zero-order valence-electron chi connectivity index (χ0n) is 15.0. The summed E-state index contributed by atoms with van der Waals surface area (Å²) in [4.78, 5) is 20.8. The molecule has 10 heteroatoms. The second kappa shape index (κ2) is 7.97. The van der Waals surface area contributed by atoms with E-state index in [9.17, 15) is 18.5 Å². The van der Waals surface area contributed by atoms with Gasteiger partial charge in [0, 0.05) is 38.6 Å². The van der Waals surface area contributed by atoms with E-state index >= 15 is 0 Å². The Labute approximate surface area is 157 Å². The Morgan fingerprint density at radius 2 is 1.96 bits per heavy atom. The van der Waals surface area contributed by atoms with Crippen LogP contribution in [0.15, 0.2) is 41.7 Å². The molecule has 0 unspecified atom stereocenters. The Morgan fingerprint density at radius 1 is 1.22 bits per heavy atom. The van der Waals surface area contributed by atoms with Crippen LogP contribution in [0.25, 0.3) is 0 Å². The second-order valence-electron chi connectivity index (χ2n) is 6.43. The van der Waals surface area contributed by atoms with Gasteiger partial charge in [-0.25, -0.2) is 8.42 Å². The minimum Gasteiger partial charge on any atom is -0.363 e. The number of anilines is 1. The molecule has 0 radical (unpaired) electrons. The van der Waals surface area contributed by atoms with Gasteiger partial charge in [0.05, 0.1) is 28.3 Å². The Hall–Kier alpha value is -2.59. The lowest BCUT2D eigenvalue weighted by Crippen LogP contribution is -2.35. The van der Waals surface area contributed by atoms with Gasteiger partial charge in [0.15, 0.2) is 0 Å². The van der Waals surface area contributed by atoms with Crippen molar-refractivity contribution in [2.75, 3.05) is 25.0 Å². The summed E-state index contributed by atoms with van der Waals surface area (Å²) in [5, 5.41) is 11.6. The molecule has 27 heavy (non-hydrogen) atoms. The molecule has 2 heterocycles. The first-order valence-corrected chi connectivity index (χ1v) is 10.1. The van der Waals surface area contributed by atoms with Crippen LogP contribution >= 0.6 is 0 Å². The van der Waals surface area contributed by atoms with Crippen molar-refractivity contribution >= 4 is 21.4 Å². The van der Waals surface area contributed by atoms with E-state index in [0.29, 0.717) is 31.0 Å². The fourth-order valence-corrected chi connectivity index (χ4v) is 4.66.